The van der Waals surface area contributed by atoms with E-state index in [1.54, 1.807) is 49.6 Å². The number of nitrogens with one attached hydrogen (secondary N) is 1. The van der Waals surface area contributed by atoms with Gasteiger partial charge in [-0.15, -0.1) is 0 Å². The van der Waals surface area contributed by atoms with Crippen LogP contribution in [0.2, 0.25) is 20.1 Å². The zero-order chi connectivity index (χ0) is 25.1. The van der Waals surface area contributed by atoms with Crippen molar-refractivity contribution in [1.82, 2.24) is 5.32 Å². The summed E-state index contributed by atoms with van der Waals surface area (Å²) < 4.78 is 12.2. The largest absolute Gasteiger partial charge is 0.493 e. The molecule has 0 aliphatic carbocycles. The molecule has 1 aliphatic rings. The van der Waals surface area contributed by atoms with Gasteiger partial charge in [-0.2, -0.15) is 0 Å². The molecule has 0 bridgehead atoms. The molecule has 4 rings (SSSR count). The van der Waals surface area contributed by atoms with Gasteiger partial charge in [0.15, 0.2) is 16.7 Å². The standard InChI is InChI=1S/C24H15BrCl4N2O3S/c1-33-19-9-13(7-14(25)22(19)34-11-12-5-6-15(26)17(28)8-12)10-20-23(32)31-24(35-20)30-18-4-2-3-16(27)21(18)29/h2-10H,11H2,1H3,(H,30,31,32)/b20-10+. The number of hydrogen-bond acceptors (Lipinski definition) is 5. The van der Waals surface area contributed by atoms with Crippen molar-refractivity contribution in [1.29, 1.82) is 0 Å². The van der Waals surface area contributed by atoms with Gasteiger partial charge in [0, 0.05) is 0 Å². The molecule has 1 heterocycles. The van der Waals surface area contributed by atoms with E-state index < -0.39 is 0 Å². The van der Waals surface area contributed by atoms with Gasteiger partial charge in [-0.25, -0.2) is 4.99 Å². The molecule has 1 aliphatic heterocycles. The highest BCUT2D eigenvalue weighted by Crippen LogP contribution is 2.39. The first kappa shape index (κ1) is 26.2. The van der Waals surface area contributed by atoms with Gasteiger partial charge < -0.3 is 14.8 Å². The number of methoxy groups -OCH3 is 1. The minimum atomic E-state index is -0.276. The molecule has 0 radical (unpaired) electrons. The predicted molar refractivity (Wildman–Crippen MR) is 149 cm³/mol. The maximum absolute atomic E-state index is 12.5. The van der Waals surface area contributed by atoms with Gasteiger partial charge in [-0.1, -0.05) is 58.5 Å². The van der Waals surface area contributed by atoms with Crippen molar-refractivity contribution >= 4 is 96.9 Å². The summed E-state index contributed by atoms with van der Waals surface area (Å²) in [4.78, 5) is 17.4. The third kappa shape index (κ3) is 6.28. The minimum absolute atomic E-state index is 0.260. The summed E-state index contributed by atoms with van der Waals surface area (Å²) in [5, 5.41) is 4.77. The Morgan fingerprint density at radius 3 is 2.60 bits per heavy atom. The van der Waals surface area contributed by atoms with Gasteiger partial charge in [0.2, 0.25) is 0 Å². The number of amidine groups is 1. The lowest BCUT2D eigenvalue weighted by atomic mass is 10.2. The Labute approximate surface area is 234 Å². The number of carbonyl (C=O) groups is 1. The molecule has 11 heteroatoms. The van der Waals surface area contributed by atoms with Crippen LogP contribution in [0.15, 0.2) is 62.9 Å². The monoisotopic (exact) mass is 630 g/mol. The molecule has 3 aromatic carbocycles. The fourth-order valence-electron chi connectivity index (χ4n) is 3.07. The van der Waals surface area contributed by atoms with E-state index in [-0.39, 0.29) is 12.5 Å². The molecule has 1 N–H and O–H groups in total. The summed E-state index contributed by atoms with van der Waals surface area (Å²) in [6.07, 6.45) is 1.73. The molecule has 1 saturated heterocycles. The van der Waals surface area contributed by atoms with Crippen molar-refractivity contribution in [2.24, 2.45) is 4.99 Å². The molecule has 5 nitrogen and oxygen atoms in total. The van der Waals surface area contributed by atoms with Crippen molar-refractivity contribution in [3.05, 3.63) is 89.1 Å². The van der Waals surface area contributed by atoms with Crippen LogP contribution in [0.1, 0.15) is 11.1 Å². The summed E-state index contributed by atoms with van der Waals surface area (Å²) in [5.41, 5.74) is 2.05. The highest BCUT2D eigenvalue weighted by Gasteiger charge is 2.25. The quantitative estimate of drug-likeness (QED) is 0.277. The maximum Gasteiger partial charge on any atom is 0.264 e. The molecule has 1 amide bonds. The van der Waals surface area contributed by atoms with Gasteiger partial charge in [0.05, 0.1) is 42.3 Å². The van der Waals surface area contributed by atoms with E-state index in [4.69, 9.17) is 55.9 Å². The van der Waals surface area contributed by atoms with Crippen molar-refractivity contribution in [3.63, 3.8) is 0 Å². The zero-order valence-corrected chi connectivity index (χ0v) is 23.3. The minimum Gasteiger partial charge on any atom is -0.493 e. The molecule has 0 spiro atoms. The number of benzene rings is 3. The van der Waals surface area contributed by atoms with Crippen LogP contribution < -0.4 is 14.8 Å². The Morgan fingerprint density at radius 1 is 1.06 bits per heavy atom. The van der Waals surface area contributed by atoms with E-state index in [0.29, 0.717) is 51.8 Å². The van der Waals surface area contributed by atoms with Crippen LogP contribution in [0.5, 0.6) is 11.5 Å². The van der Waals surface area contributed by atoms with Gasteiger partial charge >= 0.3 is 0 Å². The molecule has 180 valence electrons. The number of carbonyl (C=O) groups excluding carboxylic acids is 1. The summed E-state index contributed by atoms with van der Waals surface area (Å²) in [5.74, 6) is 0.735. The van der Waals surface area contributed by atoms with Crippen molar-refractivity contribution in [3.8, 4) is 11.5 Å². The highest BCUT2D eigenvalue weighted by molar-refractivity contribution is 9.10. The third-order valence-electron chi connectivity index (χ3n) is 4.72. The van der Waals surface area contributed by atoms with Crippen LogP contribution in [0.3, 0.4) is 0 Å². The lowest BCUT2D eigenvalue weighted by molar-refractivity contribution is -0.115. The van der Waals surface area contributed by atoms with Crippen molar-refractivity contribution < 1.29 is 14.3 Å². The summed E-state index contributed by atoms with van der Waals surface area (Å²) in [6.45, 7) is 0.260. The molecule has 35 heavy (non-hydrogen) atoms. The smallest absolute Gasteiger partial charge is 0.264 e. The molecular weight excluding hydrogens is 618 g/mol. The Balaban J connectivity index is 1.55. The zero-order valence-electron chi connectivity index (χ0n) is 17.9. The first-order valence-electron chi connectivity index (χ1n) is 9.93. The second-order valence-electron chi connectivity index (χ2n) is 7.13. The first-order valence-corrected chi connectivity index (χ1v) is 13.0. The van der Waals surface area contributed by atoms with Crippen molar-refractivity contribution in [2.45, 2.75) is 6.61 Å². The SMILES string of the molecule is COc1cc(/C=C2/SC(=Nc3cccc(Cl)c3Cl)NC2=O)cc(Br)c1OCc1ccc(Cl)c(Cl)c1. The number of ether oxygens (including phenoxy) is 2. The normalized spacial score (nSPS) is 15.5. The Hall–Kier alpha value is -1.87. The molecule has 3 aromatic rings. The lowest BCUT2D eigenvalue weighted by Crippen LogP contribution is -2.19. The van der Waals surface area contributed by atoms with Crippen molar-refractivity contribution in [2.75, 3.05) is 7.11 Å². The number of halogens is 5. The van der Waals surface area contributed by atoms with Crippen LogP contribution in [0, 0.1) is 0 Å². The number of hydrogen-bond donors (Lipinski definition) is 1. The maximum atomic E-state index is 12.5. The second-order valence-corrected chi connectivity index (χ2v) is 10.6. The van der Waals surface area contributed by atoms with Crippen LogP contribution in [-0.2, 0) is 11.4 Å². The van der Waals surface area contributed by atoms with E-state index in [1.165, 1.54) is 11.8 Å². The summed E-state index contributed by atoms with van der Waals surface area (Å²) in [6, 6.07) is 14.0. The van der Waals surface area contributed by atoms with Gasteiger partial charge in [0.1, 0.15) is 6.61 Å². The predicted octanol–water partition coefficient (Wildman–Crippen LogP) is 8.54. The number of nitrogens with zero attached hydrogens (tertiary/aromatic N) is 1. The van der Waals surface area contributed by atoms with E-state index in [0.717, 1.165) is 11.1 Å². The van der Waals surface area contributed by atoms with Crippen LogP contribution in [0.4, 0.5) is 5.69 Å². The first-order chi connectivity index (χ1) is 16.7. The lowest BCUT2D eigenvalue weighted by Gasteiger charge is -2.14. The Bertz CT molecular complexity index is 1380. The van der Waals surface area contributed by atoms with Gasteiger partial charge in [-0.05, 0) is 81.3 Å². The Morgan fingerprint density at radius 2 is 1.86 bits per heavy atom. The molecule has 0 saturated carbocycles. The average molecular weight is 633 g/mol. The Kier molecular flexibility index (Phi) is 8.58. The van der Waals surface area contributed by atoms with Gasteiger partial charge in [-0.3, -0.25) is 4.79 Å². The van der Waals surface area contributed by atoms with Crippen LogP contribution in [-0.4, -0.2) is 18.2 Å². The van der Waals surface area contributed by atoms with E-state index >= 15 is 0 Å². The molecule has 0 aromatic heterocycles. The van der Waals surface area contributed by atoms with E-state index in [9.17, 15) is 4.79 Å². The van der Waals surface area contributed by atoms with Gasteiger partial charge in [0.25, 0.3) is 5.91 Å². The average Bonchev–Trinajstić information content (AvgIpc) is 3.16. The number of amides is 1. The van der Waals surface area contributed by atoms with Crippen LogP contribution >= 0.6 is 74.1 Å². The molecule has 0 atom stereocenters. The summed E-state index contributed by atoms with van der Waals surface area (Å²) in [7, 11) is 1.54. The second kappa shape index (κ2) is 11.5. The topological polar surface area (TPSA) is 59.9 Å². The fourth-order valence-corrected chi connectivity index (χ4v) is 5.14. The fraction of sp³-hybridized carbons (Fsp3) is 0.0833. The van der Waals surface area contributed by atoms with E-state index in [2.05, 4.69) is 26.2 Å². The molecule has 0 unspecified atom stereocenters. The number of rotatable bonds is 6. The number of thioether (sulfide) groups is 1. The third-order valence-corrected chi connectivity index (χ3v) is 7.77. The molecule has 1 fully saturated rings. The van der Waals surface area contributed by atoms with Crippen LogP contribution in [0.25, 0.3) is 6.08 Å². The van der Waals surface area contributed by atoms with E-state index in [1.807, 2.05) is 12.1 Å². The molecular formula is C24H15BrCl4N2O3S. The highest BCUT2D eigenvalue weighted by atomic mass is 79.9. The number of aliphatic imine (C=N–C) groups is 1. The summed E-state index contributed by atoms with van der Waals surface area (Å²) >= 11 is 29.0.